The standard InChI is InChI=1S/C15H25N3O/c1-12(18-9-7-13(11-16)8-10-18)15(19)17-14-5-3-2-4-6-14/h12-14H,2-10H2,1H3,(H,17,19). The number of nitriles is 1. The van der Waals surface area contributed by atoms with Gasteiger partial charge in [0.15, 0.2) is 0 Å². The molecule has 2 rings (SSSR count). The van der Waals surface area contributed by atoms with Crippen LogP contribution >= 0.6 is 0 Å². The quantitative estimate of drug-likeness (QED) is 0.848. The minimum absolute atomic E-state index is 0.0541. The van der Waals surface area contributed by atoms with Crippen LogP contribution in [0.2, 0.25) is 0 Å². The summed E-state index contributed by atoms with van der Waals surface area (Å²) in [4.78, 5) is 14.5. The molecule has 0 spiro atoms. The fourth-order valence-corrected chi connectivity index (χ4v) is 3.15. The van der Waals surface area contributed by atoms with Crippen molar-refractivity contribution < 1.29 is 4.79 Å². The second-order valence-electron chi connectivity index (χ2n) is 5.96. The zero-order chi connectivity index (χ0) is 13.7. The van der Waals surface area contributed by atoms with Gasteiger partial charge in [0.25, 0.3) is 0 Å². The molecule has 2 fully saturated rings. The van der Waals surface area contributed by atoms with Crippen LogP contribution in [-0.4, -0.2) is 36.0 Å². The summed E-state index contributed by atoms with van der Waals surface area (Å²) in [5.41, 5.74) is 0. The van der Waals surface area contributed by atoms with Gasteiger partial charge < -0.3 is 5.32 Å². The fraction of sp³-hybridized carbons (Fsp3) is 0.867. The van der Waals surface area contributed by atoms with Crippen molar-refractivity contribution in [3.8, 4) is 6.07 Å². The van der Waals surface area contributed by atoms with Crippen molar-refractivity contribution in [3.05, 3.63) is 0 Å². The van der Waals surface area contributed by atoms with Crippen molar-refractivity contribution in [2.24, 2.45) is 5.92 Å². The second-order valence-corrected chi connectivity index (χ2v) is 5.96. The number of piperidine rings is 1. The first-order valence-electron chi connectivity index (χ1n) is 7.64. The Bertz CT molecular complexity index is 336. The maximum Gasteiger partial charge on any atom is 0.237 e. The van der Waals surface area contributed by atoms with E-state index in [1.165, 1.54) is 19.3 Å². The van der Waals surface area contributed by atoms with E-state index in [2.05, 4.69) is 16.3 Å². The SMILES string of the molecule is CC(C(=O)NC1CCCCC1)N1CCC(C#N)CC1. The van der Waals surface area contributed by atoms with Gasteiger partial charge in [0, 0.05) is 25.0 Å². The molecular weight excluding hydrogens is 238 g/mol. The smallest absolute Gasteiger partial charge is 0.237 e. The highest BCUT2D eigenvalue weighted by atomic mass is 16.2. The lowest BCUT2D eigenvalue weighted by molar-refractivity contribution is -0.127. The number of nitrogens with one attached hydrogen (secondary N) is 1. The van der Waals surface area contributed by atoms with Crippen LogP contribution in [0.25, 0.3) is 0 Å². The van der Waals surface area contributed by atoms with Gasteiger partial charge in [-0.1, -0.05) is 19.3 Å². The second kappa shape index (κ2) is 6.91. The van der Waals surface area contributed by atoms with Crippen molar-refractivity contribution in [1.29, 1.82) is 5.26 Å². The summed E-state index contributed by atoms with van der Waals surface area (Å²) in [6, 6.07) is 2.67. The van der Waals surface area contributed by atoms with Gasteiger partial charge in [-0.05, 0) is 32.6 Å². The molecule has 1 N–H and O–H groups in total. The minimum Gasteiger partial charge on any atom is -0.352 e. The molecule has 0 radical (unpaired) electrons. The lowest BCUT2D eigenvalue weighted by Gasteiger charge is -2.34. The molecule has 1 saturated carbocycles. The molecule has 1 atom stereocenters. The van der Waals surface area contributed by atoms with E-state index in [0.29, 0.717) is 6.04 Å². The number of hydrogen-bond acceptors (Lipinski definition) is 3. The average Bonchev–Trinajstić information content (AvgIpc) is 2.47. The van der Waals surface area contributed by atoms with Crippen LogP contribution in [0.4, 0.5) is 0 Å². The van der Waals surface area contributed by atoms with Crippen LogP contribution in [-0.2, 0) is 4.79 Å². The van der Waals surface area contributed by atoms with Crippen LogP contribution in [0, 0.1) is 17.2 Å². The third-order valence-electron chi connectivity index (χ3n) is 4.59. The van der Waals surface area contributed by atoms with Crippen molar-refractivity contribution in [3.63, 3.8) is 0 Å². The van der Waals surface area contributed by atoms with E-state index in [0.717, 1.165) is 38.8 Å². The summed E-state index contributed by atoms with van der Waals surface area (Å²) in [5.74, 6) is 0.354. The van der Waals surface area contributed by atoms with E-state index in [9.17, 15) is 4.79 Å². The molecule has 1 heterocycles. The lowest BCUT2D eigenvalue weighted by atomic mass is 9.95. The first kappa shape index (κ1) is 14.3. The molecule has 0 aromatic rings. The van der Waals surface area contributed by atoms with E-state index in [1.54, 1.807) is 0 Å². The van der Waals surface area contributed by atoms with Crippen molar-refractivity contribution in [2.45, 2.75) is 64.0 Å². The monoisotopic (exact) mass is 263 g/mol. The summed E-state index contributed by atoms with van der Waals surface area (Å²) in [5, 5.41) is 12.1. The summed E-state index contributed by atoms with van der Waals surface area (Å²) in [6.45, 7) is 3.74. The molecule has 4 heteroatoms. The number of likely N-dealkylation sites (tertiary alicyclic amines) is 1. The Morgan fingerprint density at radius 1 is 1.21 bits per heavy atom. The maximum absolute atomic E-state index is 12.2. The zero-order valence-electron chi connectivity index (χ0n) is 11.9. The van der Waals surface area contributed by atoms with Crippen LogP contribution in [0.15, 0.2) is 0 Å². The van der Waals surface area contributed by atoms with Gasteiger partial charge >= 0.3 is 0 Å². The summed E-state index contributed by atoms with van der Waals surface area (Å²) >= 11 is 0. The maximum atomic E-state index is 12.2. The van der Waals surface area contributed by atoms with Crippen LogP contribution in [0.5, 0.6) is 0 Å². The number of nitrogens with zero attached hydrogens (tertiary/aromatic N) is 2. The van der Waals surface area contributed by atoms with Crippen LogP contribution < -0.4 is 5.32 Å². The third kappa shape index (κ3) is 3.94. The molecule has 1 aliphatic carbocycles. The van der Waals surface area contributed by atoms with Crippen molar-refractivity contribution >= 4 is 5.91 Å². The van der Waals surface area contributed by atoms with Crippen LogP contribution in [0.1, 0.15) is 51.9 Å². The Labute approximate surface area is 116 Å². The van der Waals surface area contributed by atoms with E-state index >= 15 is 0 Å². The topological polar surface area (TPSA) is 56.1 Å². The molecule has 0 aromatic carbocycles. The first-order valence-corrected chi connectivity index (χ1v) is 7.64. The van der Waals surface area contributed by atoms with Gasteiger partial charge in [0.2, 0.25) is 5.91 Å². The molecule has 0 bridgehead atoms. The Kier molecular flexibility index (Phi) is 5.21. The molecule has 19 heavy (non-hydrogen) atoms. The average molecular weight is 263 g/mol. The van der Waals surface area contributed by atoms with E-state index in [-0.39, 0.29) is 17.9 Å². The van der Waals surface area contributed by atoms with E-state index in [4.69, 9.17) is 5.26 Å². The molecule has 0 aromatic heterocycles. The minimum atomic E-state index is -0.0541. The summed E-state index contributed by atoms with van der Waals surface area (Å²) in [6.07, 6.45) is 7.86. The largest absolute Gasteiger partial charge is 0.352 e. The Morgan fingerprint density at radius 2 is 1.84 bits per heavy atom. The molecule has 4 nitrogen and oxygen atoms in total. The highest BCUT2D eigenvalue weighted by Gasteiger charge is 2.27. The van der Waals surface area contributed by atoms with Gasteiger partial charge in [-0.3, -0.25) is 9.69 Å². The van der Waals surface area contributed by atoms with E-state index < -0.39 is 0 Å². The molecule has 1 unspecified atom stereocenters. The molecule has 1 amide bonds. The van der Waals surface area contributed by atoms with Gasteiger partial charge in [-0.2, -0.15) is 5.26 Å². The number of amides is 1. The number of carbonyl (C=O) groups is 1. The molecule has 106 valence electrons. The fourth-order valence-electron chi connectivity index (χ4n) is 3.15. The predicted octanol–water partition coefficient (Wildman–Crippen LogP) is 2.06. The number of hydrogen-bond donors (Lipinski definition) is 1. The lowest BCUT2D eigenvalue weighted by Crippen LogP contribution is -2.50. The van der Waals surface area contributed by atoms with Gasteiger partial charge in [-0.15, -0.1) is 0 Å². The third-order valence-corrected chi connectivity index (χ3v) is 4.59. The van der Waals surface area contributed by atoms with E-state index in [1.807, 2.05) is 6.92 Å². The molecular formula is C15H25N3O. The van der Waals surface area contributed by atoms with Crippen LogP contribution in [0.3, 0.4) is 0 Å². The Morgan fingerprint density at radius 3 is 2.42 bits per heavy atom. The summed E-state index contributed by atoms with van der Waals surface area (Å²) < 4.78 is 0. The van der Waals surface area contributed by atoms with Gasteiger partial charge in [-0.25, -0.2) is 0 Å². The summed E-state index contributed by atoms with van der Waals surface area (Å²) in [7, 11) is 0. The molecule has 1 aliphatic heterocycles. The number of rotatable bonds is 3. The normalized spacial score (nSPS) is 24.6. The first-order chi connectivity index (χ1) is 9.20. The Balaban J connectivity index is 1.77. The van der Waals surface area contributed by atoms with Gasteiger partial charge in [0.1, 0.15) is 0 Å². The van der Waals surface area contributed by atoms with Crippen molar-refractivity contribution in [2.75, 3.05) is 13.1 Å². The highest BCUT2D eigenvalue weighted by molar-refractivity contribution is 5.81. The Hall–Kier alpha value is -1.08. The van der Waals surface area contributed by atoms with Crippen molar-refractivity contribution in [1.82, 2.24) is 10.2 Å². The predicted molar refractivity (Wildman–Crippen MR) is 74.4 cm³/mol. The number of carbonyl (C=O) groups excluding carboxylic acids is 1. The molecule has 2 aliphatic rings. The molecule has 1 saturated heterocycles. The highest BCUT2D eigenvalue weighted by Crippen LogP contribution is 2.20. The van der Waals surface area contributed by atoms with Gasteiger partial charge in [0.05, 0.1) is 12.1 Å². The zero-order valence-corrected chi connectivity index (χ0v) is 11.9.